The number of hydrogen-bond donors (Lipinski definition) is 0. The van der Waals surface area contributed by atoms with Gasteiger partial charge in [-0.3, -0.25) is 24.6 Å². The molecule has 1 atom stereocenters. The number of hydrogen-bond acceptors (Lipinski definition) is 6. The molecule has 0 radical (unpaired) electrons. The van der Waals surface area contributed by atoms with E-state index in [4.69, 9.17) is 9.47 Å². The highest BCUT2D eigenvalue weighted by Crippen LogP contribution is 2.37. The van der Waals surface area contributed by atoms with Gasteiger partial charge in [-0.1, -0.05) is 6.92 Å². The molecule has 2 heterocycles. The molecular formula is C16H19N3O6. The van der Waals surface area contributed by atoms with Crippen LogP contribution in [0.25, 0.3) is 0 Å². The van der Waals surface area contributed by atoms with E-state index in [9.17, 15) is 19.7 Å². The Morgan fingerprint density at radius 2 is 2.08 bits per heavy atom. The maximum Gasteiger partial charge on any atom is 0.271 e. The number of carbonyl (C=O) groups is 2. The molecular weight excluding hydrogens is 330 g/mol. The second-order valence-corrected chi connectivity index (χ2v) is 5.84. The second kappa shape index (κ2) is 7.06. The Labute approximate surface area is 144 Å². The first-order valence-corrected chi connectivity index (χ1v) is 8.13. The monoisotopic (exact) mass is 349 g/mol. The van der Waals surface area contributed by atoms with Gasteiger partial charge in [0.1, 0.15) is 12.3 Å². The third-order valence-electron chi connectivity index (χ3n) is 4.28. The van der Waals surface area contributed by atoms with Crippen LogP contribution in [0, 0.1) is 10.1 Å². The van der Waals surface area contributed by atoms with E-state index >= 15 is 0 Å². The molecule has 134 valence electrons. The highest BCUT2D eigenvalue weighted by Gasteiger charge is 2.36. The first-order valence-electron chi connectivity index (χ1n) is 8.13. The lowest BCUT2D eigenvalue weighted by molar-refractivity contribution is -0.384. The van der Waals surface area contributed by atoms with Crippen LogP contribution < -0.4 is 9.64 Å². The molecule has 1 saturated heterocycles. The van der Waals surface area contributed by atoms with Crippen molar-refractivity contribution in [3.63, 3.8) is 0 Å². The van der Waals surface area contributed by atoms with E-state index in [1.165, 1.54) is 23.1 Å². The number of amides is 2. The summed E-state index contributed by atoms with van der Waals surface area (Å²) in [5.41, 5.74) is 0.0967. The van der Waals surface area contributed by atoms with Crippen molar-refractivity contribution in [1.82, 2.24) is 4.90 Å². The van der Waals surface area contributed by atoms with Gasteiger partial charge in [-0.15, -0.1) is 0 Å². The largest absolute Gasteiger partial charge is 0.478 e. The van der Waals surface area contributed by atoms with Gasteiger partial charge in [0, 0.05) is 25.2 Å². The Bertz CT molecular complexity index is 701. The third kappa shape index (κ3) is 3.41. The minimum atomic E-state index is -0.702. The summed E-state index contributed by atoms with van der Waals surface area (Å²) in [6.07, 6.45) is -0.260. The van der Waals surface area contributed by atoms with E-state index in [-0.39, 0.29) is 29.7 Å². The molecule has 0 spiro atoms. The molecule has 0 saturated carbocycles. The van der Waals surface area contributed by atoms with E-state index in [0.717, 1.165) is 0 Å². The highest BCUT2D eigenvalue weighted by atomic mass is 16.6. The van der Waals surface area contributed by atoms with Gasteiger partial charge >= 0.3 is 0 Å². The molecule has 2 amide bonds. The van der Waals surface area contributed by atoms with Crippen molar-refractivity contribution >= 4 is 23.2 Å². The van der Waals surface area contributed by atoms with Crippen LogP contribution in [0.3, 0.4) is 0 Å². The van der Waals surface area contributed by atoms with Crippen LogP contribution in [0.1, 0.15) is 13.3 Å². The molecule has 9 nitrogen and oxygen atoms in total. The average Bonchev–Trinajstić information content (AvgIpc) is 2.63. The summed E-state index contributed by atoms with van der Waals surface area (Å²) in [5, 5.41) is 11.0. The summed E-state index contributed by atoms with van der Waals surface area (Å²) in [5.74, 6) is -0.213. The SMILES string of the molecule is CCC1Oc2ccc([N+](=O)[O-])cc2N(CC(=O)N2CCOCC2)C1=O. The van der Waals surface area contributed by atoms with Crippen molar-refractivity contribution in [3.05, 3.63) is 28.3 Å². The van der Waals surface area contributed by atoms with Crippen LogP contribution in [-0.2, 0) is 14.3 Å². The zero-order valence-electron chi connectivity index (χ0n) is 13.8. The number of nitrogens with zero attached hydrogens (tertiary/aromatic N) is 3. The maximum absolute atomic E-state index is 12.7. The number of rotatable bonds is 4. The summed E-state index contributed by atoms with van der Waals surface area (Å²) < 4.78 is 10.9. The lowest BCUT2D eigenvalue weighted by Crippen LogP contribution is -2.52. The lowest BCUT2D eigenvalue weighted by atomic mass is 10.1. The van der Waals surface area contributed by atoms with Gasteiger partial charge in [0.15, 0.2) is 6.10 Å². The van der Waals surface area contributed by atoms with Crippen molar-refractivity contribution in [3.8, 4) is 5.75 Å². The van der Waals surface area contributed by atoms with Gasteiger partial charge in [0.25, 0.3) is 11.6 Å². The fourth-order valence-corrected chi connectivity index (χ4v) is 2.90. The molecule has 9 heteroatoms. The standard InChI is InChI=1S/C16H19N3O6/c1-2-13-16(21)18(10-15(20)17-5-7-24-8-6-17)12-9-11(19(22)23)3-4-14(12)25-13/h3-4,9,13H,2,5-8,10H2,1H3. The summed E-state index contributed by atoms with van der Waals surface area (Å²) >= 11 is 0. The molecule has 1 unspecified atom stereocenters. The van der Waals surface area contributed by atoms with Crippen molar-refractivity contribution in [2.75, 3.05) is 37.7 Å². The molecule has 2 aliphatic heterocycles. The van der Waals surface area contributed by atoms with Gasteiger partial charge < -0.3 is 14.4 Å². The normalized spacial score (nSPS) is 20.0. The quantitative estimate of drug-likeness (QED) is 0.592. The fourth-order valence-electron chi connectivity index (χ4n) is 2.90. The Hall–Kier alpha value is -2.68. The smallest absolute Gasteiger partial charge is 0.271 e. The molecule has 3 rings (SSSR count). The number of nitro benzene ring substituents is 1. The Balaban J connectivity index is 1.90. The summed E-state index contributed by atoms with van der Waals surface area (Å²) in [7, 11) is 0. The van der Waals surface area contributed by atoms with E-state index < -0.39 is 11.0 Å². The van der Waals surface area contributed by atoms with E-state index in [1.807, 2.05) is 0 Å². The number of ether oxygens (including phenoxy) is 2. The van der Waals surface area contributed by atoms with Gasteiger partial charge in [-0.2, -0.15) is 0 Å². The van der Waals surface area contributed by atoms with Gasteiger partial charge in [-0.05, 0) is 12.5 Å². The predicted molar refractivity (Wildman–Crippen MR) is 87.6 cm³/mol. The van der Waals surface area contributed by atoms with Crippen molar-refractivity contribution in [1.29, 1.82) is 0 Å². The Kier molecular flexibility index (Phi) is 4.84. The van der Waals surface area contributed by atoms with Crippen LogP contribution in [0.5, 0.6) is 5.75 Å². The van der Waals surface area contributed by atoms with Crippen LogP contribution >= 0.6 is 0 Å². The molecule has 0 aromatic heterocycles. The second-order valence-electron chi connectivity index (χ2n) is 5.84. The van der Waals surface area contributed by atoms with Crippen LogP contribution in [0.4, 0.5) is 11.4 Å². The number of morpholine rings is 1. The van der Waals surface area contributed by atoms with Gasteiger partial charge in [-0.25, -0.2) is 0 Å². The number of fused-ring (bicyclic) bond motifs is 1. The zero-order chi connectivity index (χ0) is 18.0. The van der Waals surface area contributed by atoms with E-state index in [0.29, 0.717) is 38.5 Å². The number of benzene rings is 1. The van der Waals surface area contributed by atoms with Crippen molar-refractivity contribution in [2.45, 2.75) is 19.4 Å². The summed E-state index contributed by atoms with van der Waals surface area (Å²) in [6, 6.07) is 4.06. The summed E-state index contributed by atoms with van der Waals surface area (Å²) in [6.45, 7) is 3.49. The number of nitro groups is 1. The van der Waals surface area contributed by atoms with E-state index in [2.05, 4.69) is 0 Å². The van der Waals surface area contributed by atoms with Crippen LogP contribution in [0.2, 0.25) is 0 Å². The number of anilines is 1. The molecule has 2 aliphatic rings. The van der Waals surface area contributed by atoms with E-state index in [1.54, 1.807) is 11.8 Å². The minimum absolute atomic E-state index is 0.158. The van der Waals surface area contributed by atoms with Crippen LogP contribution in [0.15, 0.2) is 18.2 Å². The topological polar surface area (TPSA) is 102 Å². The van der Waals surface area contributed by atoms with Gasteiger partial charge in [0.05, 0.1) is 23.8 Å². The average molecular weight is 349 g/mol. The number of non-ortho nitro benzene ring substituents is 1. The molecule has 0 bridgehead atoms. The van der Waals surface area contributed by atoms with Crippen LogP contribution in [-0.4, -0.2) is 60.6 Å². The number of carbonyl (C=O) groups excluding carboxylic acids is 2. The molecule has 1 aromatic rings. The zero-order valence-corrected chi connectivity index (χ0v) is 13.8. The molecule has 0 N–H and O–H groups in total. The Morgan fingerprint density at radius 1 is 1.36 bits per heavy atom. The maximum atomic E-state index is 12.7. The molecule has 0 aliphatic carbocycles. The lowest BCUT2D eigenvalue weighted by Gasteiger charge is -2.35. The van der Waals surface area contributed by atoms with Gasteiger partial charge in [0.2, 0.25) is 5.91 Å². The molecule has 1 aromatic carbocycles. The van der Waals surface area contributed by atoms with Crippen molar-refractivity contribution in [2.24, 2.45) is 0 Å². The first-order chi connectivity index (χ1) is 12.0. The predicted octanol–water partition coefficient (Wildman–Crippen LogP) is 0.958. The Morgan fingerprint density at radius 3 is 2.72 bits per heavy atom. The third-order valence-corrected chi connectivity index (χ3v) is 4.28. The van der Waals surface area contributed by atoms with Crippen molar-refractivity contribution < 1.29 is 24.0 Å². The summed E-state index contributed by atoms with van der Waals surface area (Å²) in [4.78, 5) is 38.6. The first kappa shape index (κ1) is 17.2. The highest BCUT2D eigenvalue weighted by molar-refractivity contribution is 6.04. The minimum Gasteiger partial charge on any atom is -0.478 e. The molecule has 1 fully saturated rings. The molecule has 25 heavy (non-hydrogen) atoms. The fraction of sp³-hybridized carbons (Fsp3) is 0.500.